The molecule has 1 heterocycles. The van der Waals surface area contributed by atoms with Crippen LogP contribution in [0.2, 0.25) is 5.02 Å². The van der Waals surface area contributed by atoms with Gasteiger partial charge in [-0.15, -0.1) is 0 Å². The molecule has 200 valence electrons. The molecule has 0 spiro atoms. The molecule has 3 aromatic rings. The molecule has 0 radical (unpaired) electrons. The Balaban J connectivity index is 1.61. The Morgan fingerprint density at radius 2 is 1.61 bits per heavy atom. The minimum atomic E-state index is -0.803. The van der Waals surface area contributed by atoms with E-state index in [0.29, 0.717) is 29.4 Å². The van der Waals surface area contributed by atoms with Gasteiger partial charge >= 0.3 is 0 Å². The Hall–Kier alpha value is -3.42. The maximum absolute atomic E-state index is 15.6. The number of likely N-dealkylation sites (tertiary alicyclic amines) is 1. The third-order valence-corrected chi connectivity index (χ3v) is 7.44. The van der Waals surface area contributed by atoms with Crippen LogP contribution in [0.4, 0.5) is 15.8 Å². The second-order valence-corrected chi connectivity index (χ2v) is 9.97. The van der Waals surface area contributed by atoms with Gasteiger partial charge in [0.2, 0.25) is 0 Å². The Morgan fingerprint density at radius 3 is 2.18 bits per heavy atom. The number of carbonyl (C=O) groups excluding carboxylic acids is 2. The van der Waals surface area contributed by atoms with E-state index in [1.165, 1.54) is 11.6 Å². The molecular formula is C30H34ClFN4O2. The highest BCUT2D eigenvalue weighted by Crippen LogP contribution is 2.35. The number of benzene rings is 3. The third-order valence-electron chi connectivity index (χ3n) is 7.19. The number of rotatable bonds is 9. The fraction of sp³-hybridized carbons (Fsp3) is 0.333. The molecule has 1 saturated heterocycles. The average Bonchev–Trinajstić information content (AvgIpc) is 2.93. The molecule has 3 aromatic carbocycles. The van der Waals surface area contributed by atoms with E-state index in [-0.39, 0.29) is 17.5 Å². The molecule has 0 aliphatic carbocycles. The van der Waals surface area contributed by atoms with Gasteiger partial charge in [0.1, 0.15) is 0 Å². The predicted octanol–water partition coefficient (Wildman–Crippen LogP) is 5.86. The van der Waals surface area contributed by atoms with Crippen LogP contribution in [0.3, 0.4) is 0 Å². The number of carbonyl (C=O) groups is 2. The monoisotopic (exact) mass is 536 g/mol. The second kappa shape index (κ2) is 12.4. The Morgan fingerprint density at radius 1 is 0.974 bits per heavy atom. The molecular weight excluding hydrogens is 503 g/mol. The maximum Gasteiger partial charge on any atom is 0.253 e. The quantitative estimate of drug-likeness (QED) is 0.372. The smallest absolute Gasteiger partial charge is 0.253 e. The van der Waals surface area contributed by atoms with Gasteiger partial charge in [0.05, 0.1) is 11.3 Å². The van der Waals surface area contributed by atoms with Gasteiger partial charge in [-0.1, -0.05) is 29.8 Å². The zero-order valence-electron chi connectivity index (χ0n) is 21.9. The molecule has 0 atom stereocenters. The number of piperidine rings is 1. The minimum Gasteiger partial charge on any atom is -0.366 e. The first kappa shape index (κ1) is 27.6. The van der Waals surface area contributed by atoms with Crippen molar-refractivity contribution in [3.05, 3.63) is 94.3 Å². The molecule has 1 aliphatic rings. The van der Waals surface area contributed by atoms with Crippen molar-refractivity contribution in [2.75, 3.05) is 31.1 Å². The van der Waals surface area contributed by atoms with Crippen LogP contribution in [0.15, 0.2) is 66.7 Å². The molecule has 4 rings (SSSR count). The summed E-state index contributed by atoms with van der Waals surface area (Å²) in [6.07, 6.45) is 1.60. The fourth-order valence-electron chi connectivity index (χ4n) is 5.08. The van der Waals surface area contributed by atoms with Gasteiger partial charge in [0.25, 0.3) is 11.8 Å². The summed E-state index contributed by atoms with van der Waals surface area (Å²) in [7, 11) is 0. The van der Waals surface area contributed by atoms with Crippen LogP contribution in [-0.2, 0) is 6.54 Å². The minimum absolute atomic E-state index is 0.00146. The van der Waals surface area contributed by atoms with Crippen LogP contribution in [0.5, 0.6) is 0 Å². The number of halogens is 2. The lowest BCUT2D eigenvalue weighted by Crippen LogP contribution is -2.43. The van der Waals surface area contributed by atoms with E-state index in [2.05, 4.69) is 4.90 Å². The average molecular weight is 537 g/mol. The lowest BCUT2D eigenvalue weighted by Gasteiger charge is -2.40. The first-order chi connectivity index (χ1) is 18.3. The summed E-state index contributed by atoms with van der Waals surface area (Å²) in [6, 6.07) is 19.9. The van der Waals surface area contributed by atoms with Crippen LogP contribution >= 0.6 is 11.6 Å². The Bertz CT molecular complexity index is 1250. The number of nitrogens with zero attached hydrogens (tertiary/aromatic N) is 3. The largest absolute Gasteiger partial charge is 0.366 e. The first-order valence-electron chi connectivity index (χ1n) is 13.1. The number of amides is 2. The highest BCUT2D eigenvalue weighted by atomic mass is 35.5. The van der Waals surface area contributed by atoms with Crippen molar-refractivity contribution in [1.29, 1.82) is 0 Å². The zero-order valence-corrected chi connectivity index (χ0v) is 22.6. The van der Waals surface area contributed by atoms with E-state index >= 15 is 4.39 Å². The van der Waals surface area contributed by atoms with Crippen molar-refractivity contribution in [3.63, 3.8) is 0 Å². The molecule has 0 unspecified atom stereocenters. The summed E-state index contributed by atoms with van der Waals surface area (Å²) in [5.74, 6) is -1.47. The van der Waals surface area contributed by atoms with Crippen LogP contribution in [-0.4, -0.2) is 53.8 Å². The molecule has 0 bridgehead atoms. The normalized spacial score (nSPS) is 14.3. The van der Waals surface area contributed by atoms with Crippen LogP contribution in [0.1, 0.15) is 53.0 Å². The summed E-state index contributed by atoms with van der Waals surface area (Å²) < 4.78 is 15.6. The van der Waals surface area contributed by atoms with E-state index in [1.54, 1.807) is 29.2 Å². The fourth-order valence-corrected chi connectivity index (χ4v) is 5.21. The lowest BCUT2D eigenvalue weighted by atomic mass is 9.99. The Kier molecular flexibility index (Phi) is 9.02. The van der Waals surface area contributed by atoms with E-state index in [1.807, 2.05) is 55.1 Å². The summed E-state index contributed by atoms with van der Waals surface area (Å²) in [6.45, 7) is 7.64. The van der Waals surface area contributed by atoms with E-state index in [4.69, 9.17) is 17.3 Å². The zero-order chi connectivity index (χ0) is 27.2. The summed E-state index contributed by atoms with van der Waals surface area (Å²) in [5, 5.41) is 0.716. The molecule has 0 saturated carbocycles. The van der Waals surface area contributed by atoms with Gasteiger partial charge in [0.15, 0.2) is 5.82 Å². The van der Waals surface area contributed by atoms with Crippen molar-refractivity contribution in [2.24, 2.45) is 5.73 Å². The summed E-state index contributed by atoms with van der Waals surface area (Å²) in [4.78, 5) is 30.8. The second-order valence-electron chi connectivity index (χ2n) is 9.53. The SMILES string of the molecule is CCN(CC)C(=O)c1ccc(N(c2cccc(C(N)=O)c2F)C2CCN(Cc3ccc(Cl)cc3)CC2)cc1. The number of nitrogens with two attached hydrogens (primary N) is 1. The predicted molar refractivity (Wildman–Crippen MR) is 151 cm³/mol. The molecule has 0 aromatic heterocycles. The number of hydrogen-bond donors (Lipinski definition) is 1. The lowest BCUT2D eigenvalue weighted by molar-refractivity contribution is 0.0772. The van der Waals surface area contributed by atoms with E-state index in [9.17, 15) is 9.59 Å². The van der Waals surface area contributed by atoms with Crippen molar-refractivity contribution in [3.8, 4) is 0 Å². The molecule has 2 amide bonds. The summed E-state index contributed by atoms with van der Waals surface area (Å²) >= 11 is 6.03. The standard InChI is InChI=1S/C30H34ClFN4O2/c1-3-35(4-2)30(38)22-10-14-24(15-11-22)36(27-7-5-6-26(28(27)32)29(33)37)25-16-18-34(19-17-25)20-21-8-12-23(31)13-9-21/h5-15,25H,3-4,16-20H2,1-2H3,(H2,33,37). The van der Waals surface area contributed by atoms with Gasteiger partial charge in [0, 0.05) is 55.0 Å². The van der Waals surface area contributed by atoms with Crippen molar-refractivity contribution < 1.29 is 14.0 Å². The van der Waals surface area contributed by atoms with E-state index in [0.717, 1.165) is 38.2 Å². The van der Waals surface area contributed by atoms with E-state index < -0.39 is 11.7 Å². The first-order valence-corrected chi connectivity index (χ1v) is 13.4. The topological polar surface area (TPSA) is 69.9 Å². The molecule has 2 N–H and O–H groups in total. The highest BCUT2D eigenvalue weighted by molar-refractivity contribution is 6.30. The Labute approximate surface area is 228 Å². The van der Waals surface area contributed by atoms with Gasteiger partial charge < -0.3 is 15.5 Å². The van der Waals surface area contributed by atoms with Crippen molar-refractivity contribution >= 4 is 34.8 Å². The van der Waals surface area contributed by atoms with Gasteiger partial charge in [-0.2, -0.15) is 0 Å². The number of primary amides is 1. The van der Waals surface area contributed by atoms with Gasteiger partial charge in [-0.05, 0) is 80.8 Å². The molecule has 6 nitrogen and oxygen atoms in total. The maximum atomic E-state index is 15.6. The molecule has 38 heavy (non-hydrogen) atoms. The van der Waals surface area contributed by atoms with Gasteiger partial charge in [-0.3, -0.25) is 14.5 Å². The molecule has 1 aliphatic heterocycles. The van der Waals surface area contributed by atoms with Crippen molar-refractivity contribution in [1.82, 2.24) is 9.80 Å². The molecule has 8 heteroatoms. The molecule has 1 fully saturated rings. The van der Waals surface area contributed by atoms with Crippen LogP contribution < -0.4 is 10.6 Å². The van der Waals surface area contributed by atoms with Crippen molar-refractivity contribution in [2.45, 2.75) is 39.3 Å². The third kappa shape index (κ3) is 6.17. The highest BCUT2D eigenvalue weighted by Gasteiger charge is 2.29. The van der Waals surface area contributed by atoms with Crippen LogP contribution in [0.25, 0.3) is 0 Å². The summed E-state index contributed by atoms with van der Waals surface area (Å²) in [5.41, 5.74) is 8.16. The van der Waals surface area contributed by atoms with Gasteiger partial charge in [-0.25, -0.2) is 4.39 Å². The van der Waals surface area contributed by atoms with Crippen LogP contribution in [0, 0.1) is 5.82 Å². The number of hydrogen-bond acceptors (Lipinski definition) is 4. The number of anilines is 2.